The molecule has 0 unspecified atom stereocenters. The number of nitrogens with one attached hydrogen (secondary N) is 1. The zero-order valence-corrected chi connectivity index (χ0v) is 20.2. The van der Waals surface area contributed by atoms with E-state index in [0.717, 1.165) is 23.0 Å². The predicted octanol–water partition coefficient (Wildman–Crippen LogP) is 3.12. The Morgan fingerprint density at radius 3 is 2.42 bits per heavy atom. The van der Waals surface area contributed by atoms with Gasteiger partial charge in [-0.05, 0) is 0 Å². The van der Waals surface area contributed by atoms with Crippen LogP contribution in [0.3, 0.4) is 0 Å². The number of nitrogens with zero attached hydrogens (tertiary/aromatic N) is 1. The van der Waals surface area contributed by atoms with Gasteiger partial charge >= 0.3 is 190 Å². The van der Waals surface area contributed by atoms with E-state index in [-0.39, 0.29) is 12.3 Å². The van der Waals surface area contributed by atoms with Crippen molar-refractivity contribution in [2.24, 2.45) is 0 Å². The van der Waals surface area contributed by atoms with E-state index in [1.54, 1.807) is 4.57 Å². The average Bonchev–Trinajstić information content (AvgIpc) is 2.72. The van der Waals surface area contributed by atoms with Crippen LogP contribution in [0.1, 0.15) is 41.3 Å². The van der Waals surface area contributed by atoms with E-state index in [1.165, 1.54) is 15.6 Å². The molecular formula is C25H30N2O3Se. The molecule has 0 fully saturated rings. The number of aryl methyl sites for hydroxylation is 2. The number of hydrogen-bond donors (Lipinski definition) is 1. The van der Waals surface area contributed by atoms with E-state index >= 15 is 0 Å². The fraction of sp³-hybridized carbons (Fsp3) is 0.360. The molecule has 1 N–H and O–H groups in total. The standard InChI is InChI=1S/C25H30N2O3Se/c1-4-22-23(16-20-14-18(2)13-19(3)15-20)27(25(29)26-24(22)28)17-30-11-8-12-31-21-9-6-5-7-10-21/h5-7,9-10,13-15H,4,8,11-12,16-17H2,1-3H3,(H,26,28,29). The van der Waals surface area contributed by atoms with Gasteiger partial charge in [-0.15, -0.1) is 0 Å². The van der Waals surface area contributed by atoms with Crippen molar-refractivity contribution in [2.75, 3.05) is 6.61 Å². The number of aromatic amines is 1. The Morgan fingerprint density at radius 1 is 1.03 bits per heavy atom. The van der Waals surface area contributed by atoms with Crippen LogP contribution in [0.2, 0.25) is 5.32 Å². The van der Waals surface area contributed by atoms with Crippen LogP contribution in [0.25, 0.3) is 0 Å². The van der Waals surface area contributed by atoms with E-state index in [9.17, 15) is 9.59 Å². The molecular weight excluding hydrogens is 455 g/mol. The summed E-state index contributed by atoms with van der Waals surface area (Å²) in [6.45, 7) is 6.80. The first-order valence-electron chi connectivity index (χ1n) is 10.7. The van der Waals surface area contributed by atoms with Gasteiger partial charge in [-0.1, -0.05) is 0 Å². The monoisotopic (exact) mass is 486 g/mol. The van der Waals surface area contributed by atoms with Crippen LogP contribution in [0.4, 0.5) is 0 Å². The van der Waals surface area contributed by atoms with E-state index in [2.05, 4.69) is 61.3 Å². The molecule has 6 heteroatoms. The number of hydrogen-bond acceptors (Lipinski definition) is 3. The van der Waals surface area contributed by atoms with Crippen molar-refractivity contribution in [1.29, 1.82) is 0 Å². The van der Waals surface area contributed by atoms with Crippen LogP contribution >= 0.6 is 0 Å². The fourth-order valence-electron chi connectivity index (χ4n) is 3.75. The van der Waals surface area contributed by atoms with E-state index < -0.39 is 5.69 Å². The van der Waals surface area contributed by atoms with Gasteiger partial charge in [0, 0.05) is 0 Å². The molecule has 0 aliphatic carbocycles. The van der Waals surface area contributed by atoms with Gasteiger partial charge < -0.3 is 0 Å². The van der Waals surface area contributed by atoms with E-state index in [4.69, 9.17) is 4.74 Å². The number of ether oxygens (including phenoxy) is 1. The fourth-order valence-corrected chi connectivity index (χ4v) is 5.53. The van der Waals surface area contributed by atoms with Crippen molar-refractivity contribution in [1.82, 2.24) is 9.55 Å². The summed E-state index contributed by atoms with van der Waals surface area (Å²) in [5, 5.41) is 1.09. The predicted molar refractivity (Wildman–Crippen MR) is 127 cm³/mol. The Labute approximate surface area is 189 Å². The van der Waals surface area contributed by atoms with Crippen LogP contribution in [-0.4, -0.2) is 31.1 Å². The number of benzene rings is 2. The Hall–Kier alpha value is -2.40. The summed E-state index contributed by atoms with van der Waals surface area (Å²) < 4.78 is 8.82. The van der Waals surface area contributed by atoms with E-state index in [1.807, 2.05) is 13.0 Å². The summed E-state index contributed by atoms with van der Waals surface area (Å²) in [5.41, 5.74) is 4.12. The topological polar surface area (TPSA) is 64.1 Å². The Morgan fingerprint density at radius 2 is 1.74 bits per heavy atom. The second-order valence-electron chi connectivity index (χ2n) is 7.69. The normalized spacial score (nSPS) is 11.1. The summed E-state index contributed by atoms with van der Waals surface area (Å²) in [4.78, 5) is 27.5. The van der Waals surface area contributed by atoms with Gasteiger partial charge in [0.25, 0.3) is 0 Å². The maximum atomic E-state index is 12.6. The average molecular weight is 485 g/mol. The molecule has 0 saturated heterocycles. The van der Waals surface area contributed by atoms with Gasteiger partial charge in [0.1, 0.15) is 0 Å². The Balaban J connectivity index is 1.70. The SMILES string of the molecule is CCc1c(Cc2cc(C)cc(C)c2)n(COCCC[Se]c2ccccc2)c(=O)[nH]c1=O. The molecule has 2 aromatic carbocycles. The molecule has 0 saturated carbocycles. The molecule has 0 radical (unpaired) electrons. The first-order chi connectivity index (χ1) is 15.0. The van der Waals surface area contributed by atoms with Crippen molar-refractivity contribution < 1.29 is 4.74 Å². The summed E-state index contributed by atoms with van der Waals surface area (Å²) in [7, 11) is 0. The first kappa shape index (κ1) is 23.3. The summed E-state index contributed by atoms with van der Waals surface area (Å²) in [6.07, 6.45) is 2.04. The number of rotatable bonds is 10. The summed E-state index contributed by atoms with van der Waals surface area (Å²) >= 11 is 0.434. The van der Waals surface area contributed by atoms with Gasteiger partial charge in [-0.25, -0.2) is 0 Å². The molecule has 1 aromatic heterocycles. The summed E-state index contributed by atoms with van der Waals surface area (Å²) in [5.74, 6) is 0. The second-order valence-corrected chi connectivity index (χ2v) is 10.1. The third-order valence-electron chi connectivity index (χ3n) is 5.09. The minimum atomic E-state index is -0.407. The molecule has 3 aromatic rings. The van der Waals surface area contributed by atoms with Gasteiger partial charge in [0.15, 0.2) is 0 Å². The van der Waals surface area contributed by atoms with Crippen molar-refractivity contribution in [3.05, 3.63) is 97.3 Å². The molecule has 0 spiro atoms. The minimum absolute atomic E-state index is 0.154. The van der Waals surface area contributed by atoms with Crippen molar-refractivity contribution >= 4 is 19.4 Å². The molecule has 3 rings (SSSR count). The molecule has 164 valence electrons. The molecule has 0 aliphatic rings. The number of H-pyrrole nitrogens is 1. The molecule has 0 atom stereocenters. The first-order valence-corrected chi connectivity index (χ1v) is 12.7. The van der Waals surface area contributed by atoms with Crippen molar-refractivity contribution in [2.45, 2.75) is 52.1 Å². The van der Waals surface area contributed by atoms with Crippen LogP contribution in [0.5, 0.6) is 0 Å². The zero-order chi connectivity index (χ0) is 22.2. The summed E-state index contributed by atoms with van der Waals surface area (Å²) in [6, 6.07) is 16.8. The molecule has 0 aliphatic heterocycles. The quantitative estimate of drug-likeness (QED) is 0.355. The maximum absolute atomic E-state index is 12.6. The second kappa shape index (κ2) is 11.3. The van der Waals surface area contributed by atoms with Crippen LogP contribution in [0.15, 0.2) is 58.1 Å². The molecule has 0 amide bonds. The molecule has 0 bridgehead atoms. The molecule has 1 heterocycles. The van der Waals surface area contributed by atoms with Gasteiger partial charge in [0.2, 0.25) is 0 Å². The zero-order valence-electron chi connectivity index (χ0n) is 18.4. The van der Waals surface area contributed by atoms with Gasteiger partial charge in [-0.3, -0.25) is 0 Å². The van der Waals surface area contributed by atoms with Crippen LogP contribution in [0, 0.1) is 13.8 Å². The van der Waals surface area contributed by atoms with Crippen LogP contribution < -0.4 is 15.7 Å². The van der Waals surface area contributed by atoms with Crippen LogP contribution in [-0.2, 0) is 24.3 Å². The molecule has 5 nitrogen and oxygen atoms in total. The third-order valence-corrected chi connectivity index (χ3v) is 7.39. The Kier molecular flexibility index (Phi) is 8.47. The molecule has 31 heavy (non-hydrogen) atoms. The van der Waals surface area contributed by atoms with Crippen molar-refractivity contribution in [3.63, 3.8) is 0 Å². The third kappa shape index (κ3) is 6.54. The van der Waals surface area contributed by atoms with Gasteiger partial charge in [0.05, 0.1) is 0 Å². The Bertz CT molecular complexity index is 1100. The van der Waals surface area contributed by atoms with E-state index in [0.29, 0.717) is 40.0 Å². The number of aromatic nitrogens is 2. The van der Waals surface area contributed by atoms with Crippen molar-refractivity contribution in [3.8, 4) is 0 Å². The van der Waals surface area contributed by atoms with Gasteiger partial charge in [-0.2, -0.15) is 0 Å².